The summed E-state index contributed by atoms with van der Waals surface area (Å²) in [4.78, 5) is 25.9. The summed E-state index contributed by atoms with van der Waals surface area (Å²) in [5.74, 6) is -1.36. The van der Waals surface area contributed by atoms with Crippen LogP contribution in [-0.2, 0) is 16.1 Å². The highest BCUT2D eigenvalue weighted by molar-refractivity contribution is 6.37. The number of rotatable bonds is 3. The van der Waals surface area contributed by atoms with Crippen LogP contribution in [0.1, 0.15) is 11.1 Å². The SMILES string of the molecule is N#C/C(C(N)=O)=C1\C(=O)N(Cc2ccccc2Cl)c2ccccc21. The largest absolute Gasteiger partial charge is 0.365 e. The molecular weight excluding hydrogens is 326 g/mol. The van der Waals surface area contributed by atoms with Gasteiger partial charge in [-0.2, -0.15) is 5.26 Å². The fourth-order valence-corrected chi connectivity index (χ4v) is 2.91. The Labute approximate surface area is 143 Å². The van der Waals surface area contributed by atoms with Crippen molar-refractivity contribution < 1.29 is 9.59 Å². The molecule has 118 valence electrons. The minimum absolute atomic E-state index is 0.0349. The monoisotopic (exact) mass is 337 g/mol. The molecule has 2 N–H and O–H groups in total. The number of nitrogens with two attached hydrogens (primary N) is 1. The first kappa shape index (κ1) is 15.8. The van der Waals surface area contributed by atoms with E-state index in [9.17, 15) is 14.9 Å². The average molecular weight is 338 g/mol. The predicted molar refractivity (Wildman–Crippen MR) is 90.8 cm³/mol. The summed E-state index contributed by atoms with van der Waals surface area (Å²) in [6.07, 6.45) is 0. The van der Waals surface area contributed by atoms with Gasteiger partial charge in [-0.3, -0.25) is 9.59 Å². The van der Waals surface area contributed by atoms with Gasteiger partial charge in [-0.05, 0) is 17.7 Å². The molecule has 6 heteroatoms. The highest BCUT2D eigenvalue weighted by Gasteiger charge is 2.36. The number of benzene rings is 2. The molecule has 0 bridgehead atoms. The maximum absolute atomic E-state index is 12.8. The molecule has 0 aromatic heterocycles. The van der Waals surface area contributed by atoms with Crippen molar-refractivity contribution in [1.82, 2.24) is 0 Å². The zero-order valence-corrected chi connectivity index (χ0v) is 13.2. The third-order valence-electron chi connectivity index (χ3n) is 3.82. The van der Waals surface area contributed by atoms with Crippen LogP contribution in [0.5, 0.6) is 0 Å². The van der Waals surface area contributed by atoms with E-state index in [2.05, 4.69) is 0 Å². The molecule has 1 aliphatic rings. The summed E-state index contributed by atoms with van der Waals surface area (Å²) in [6.45, 7) is 0.233. The fraction of sp³-hybridized carbons (Fsp3) is 0.0556. The van der Waals surface area contributed by atoms with E-state index in [1.165, 1.54) is 4.90 Å². The zero-order chi connectivity index (χ0) is 17.3. The lowest BCUT2D eigenvalue weighted by Gasteiger charge is -2.18. The normalized spacial score (nSPS) is 15.0. The van der Waals surface area contributed by atoms with E-state index in [0.29, 0.717) is 16.3 Å². The number of amides is 2. The van der Waals surface area contributed by atoms with Gasteiger partial charge in [0.25, 0.3) is 11.8 Å². The van der Waals surface area contributed by atoms with E-state index in [4.69, 9.17) is 17.3 Å². The van der Waals surface area contributed by atoms with Crippen molar-refractivity contribution in [3.8, 4) is 6.07 Å². The van der Waals surface area contributed by atoms with Crippen LogP contribution in [0.3, 0.4) is 0 Å². The smallest absolute Gasteiger partial charge is 0.260 e. The third-order valence-corrected chi connectivity index (χ3v) is 4.19. The number of carbonyl (C=O) groups is 2. The molecule has 0 spiro atoms. The molecule has 24 heavy (non-hydrogen) atoms. The number of para-hydroxylation sites is 1. The van der Waals surface area contributed by atoms with Gasteiger partial charge in [0, 0.05) is 10.6 Å². The highest BCUT2D eigenvalue weighted by atomic mass is 35.5. The van der Waals surface area contributed by atoms with Gasteiger partial charge in [-0.15, -0.1) is 0 Å². The third kappa shape index (κ3) is 2.53. The lowest BCUT2D eigenvalue weighted by Crippen LogP contribution is -2.27. The molecule has 0 fully saturated rings. The van der Waals surface area contributed by atoms with E-state index in [1.807, 2.05) is 12.1 Å². The molecule has 1 heterocycles. The Balaban J connectivity index is 2.14. The summed E-state index contributed by atoms with van der Waals surface area (Å²) in [5, 5.41) is 9.76. The van der Waals surface area contributed by atoms with E-state index in [0.717, 1.165) is 5.56 Å². The fourth-order valence-electron chi connectivity index (χ4n) is 2.71. The Hall–Kier alpha value is -3.10. The highest BCUT2D eigenvalue weighted by Crippen LogP contribution is 2.39. The Morgan fingerprint density at radius 2 is 1.83 bits per heavy atom. The van der Waals surface area contributed by atoms with Gasteiger partial charge in [-0.25, -0.2) is 0 Å². The predicted octanol–water partition coefficient (Wildman–Crippen LogP) is 2.65. The van der Waals surface area contributed by atoms with Crippen LogP contribution in [0.25, 0.3) is 5.57 Å². The van der Waals surface area contributed by atoms with Gasteiger partial charge in [0.05, 0.1) is 17.8 Å². The minimum Gasteiger partial charge on any atom is -0.365 e. The van der Waals surface area contributed by atoms with Crippen LogP contribution in [0.2, 0.25) is 5.02 Å². The number of carbonyl (C=O) groups excluding carboxylic acids is 2. The second kappa shape index (κ2) is 6.19. The molecular formula is C18H12ClN3O2. The Morgan fingerprint density at radius 3 is 2.50 bits per heavy atom. The van der Waals surface area contributed by atoms with Crippen molar-refractivity contribution in [1.29, 1.82) is 5.26 Å². The molecule has 3 rings (SSSR count). The Kier molecular flexibility index (Phi) is 4.07. The molecule has 0 radical (unpaired) electrons. The molecule has 5 nitrogen and oxygen atoms in total. The van der Waals surface area contributed by atoms with Crippen LogP contribution in [-0.4, -0.2) is 11.8 Å². The Bertz CT molecular complexity index is 928. The summed E-state index contributed by atoms with van der Waals surface area (Å²) in [5.41, 5.74) is 6.85. The van der Waals surface area contributed by atoms with Gasteiger partial charge in [-0.1, -0.05) is 48.0 Å². The molecule has 0 aliphatic carbocycles. The number of primary amides is 1. The molecule has 2 aromatic rings. The van der Waals surface area contributed by atoms with Crippen LogP contribution in [0, 0.1) is 11.3 Å². The molecule has 1 aliphatic heterocycles. The van der Waals surface area contributed by atoms with E-state index in [1.54, 1.807) is 42.5 Å². The van der Waals surface area contributed by atoms with E-state index < -0.39 is 11.8 Å². The first-order chi connectivity index (χ1) is 11.5. The standard InChI is InChI=1S/C18H12ClN3O2/c19-14-7-3-1-5-11(14)10-22-15-8-4-2-6-12(15)16(18(22)24)13(9-20)17(21)23/h1-8H,10H2,(H2,21,23)/b16-13+. The van der Waals surface area contributed by atoms with Gasteiger partial charge in [0.1, 0.15) is 11.6 Å². The second-order valence-electron chi connectivity index (χ2n) is 5.23. The summed E-state index contributed by atoms with van der Waals surface area (Å²) >= 11 is 6.18. The molecule has 0 unspecified atom stereocenters. The van der Waals surface area contributed by atoms with Crippen molar-refractivity contribution in [2.45, 2.75) is 6.54 Å². The summed E-state index contributed by atoms with van der Waals surface area (Å²) in [7, 11) is 0. The average Bonchev–Trinajstić information content (AvgIpc) is 2.83. The molecule has 0 saturated heterocycles. The number of halogens is 1. The van der Waals surface area contributed by atoms with Crippen LogP contribution >= 0.6 is 11.6 Å². The van der Waals surface area contributed by atoms with Crippen LogP contribution < -0.4 is 10.6 Å². The number of nitrogens with zero attached hydrogens (tertiary/aromatic N) is 2. The number of nitriles is 1. The number of hydrogen-bond donors (Lipinski definition) is 1. The van der Waals surface area contributed by atoms with Gasteiger partial charge >= 0.3 is 0 Å². The van der Waals surface area contributed by atoms with E-state index >= 15 is 0 Å². The lowest BCUT2D eigenvalue weighted by atomic mass is 10.0. The maximum Gasteiger partial charge on any atom is 0.260 e. The maximum atomic E-state index is 12.8. The Morgan fingerprint density at radius 1 is 1.17 bits per heavy atom. The number of anilines is 1. The molecule has 0 atom stereocenters. The zero-order valence-electron chi connectivity index (χ0n) is 12.5. The lowest BCUT2D eigenvalue weighted by molar-refractivity contribution is -0.115. The topological polar surface area (TPSA) is 87.2 Å². The van der Waals surface area contributed by atoms with Crippen LogP contribution in [0.15, 0.2) is 54.1 Å². The number of hydrogen-bond acceptors (Lipinski definition) is 3. The second-order valence-corrected chi connectivity index (χ2v) is 5.63. The first-order valence-electron chi connectivity index (χ1n) is 7.13. The van der Waals surface area contributed by atoms with Crippen molar-refractivity contribution in [3.63, 3.8) is 0 Å². The summed E-state index contributed by atoms with van der Waals surface area (Å²) < 4.78 is 0. The molecule has 0 saturated carbocycles. The van der Waals surface area contributed by atoms with Crippen molar-refractivity contribution in [3.05, 3.63) is 70.3 Å². The van der Waals surface area contributed by atoms with Crippen molar-refractivity contribution in [2.24, 2.45) is 5.73 Å². The van der Waals surface area contributed by atoms with Crippen LogP contribution in [0.4, 0.5) is 5.69 Å². The van der Waals surface area contributed by atoms with Crippen molar-refractivity contribution >= 4 is 34.7 Å². The quantitative estimate of drug-likeness (QED) is 0.690. The van der Waals surface area contributed by atoms with Crippen molar-refractivity contribution in [2.75, 3.05) is 4.90 Å². The number of fused-ring (bicyclic) bond motifs is 1. The molecule has 2 aromatic carbocycles. The van der Waals surface area contributed by atoms with E-state index in [-0.39, 0.29) is 17.7 Å². The van der Waals surface area contributed by atoms with Gasteiger partial charge < -0.3 is 10.6 Å². The summed E-state index contributed by atoms with van der Waals surface area (Å²) in [6, 6.07) is 15.9. The molecule has 2 amide bonds. The minimum atomic E-state index is -0.921. The van der Waals surface area contributed by atoms with Gasteiger partial charge in [0.15, 0.2) is 0 Å². The first-order valence-corrected chi connectivity index (χ1v) is 7.51. The van der Waals surface area contributed by atoms with Gasteiger partial charge in [0.2, 0.25) is 0 Å².